The highest BCUT2D eigenvalue weighted by atomic mass is 16.5. The monoisotopic (exact) mass is 340 g/mol. The van der Waals surface area contributed by atoms with Crippen LogP contribution in [0.1, 0.15) is 26.5 Å². The van der Waals surface area contributed by atoms with Crippen molar-refractivity contribution in [2.24, 2.45) is 0 Å². The number of carbonyl (C=O) groups excluding carboxylic acids is 1. The van der Waals surface area contributed by atoms with E-state index in [-0.39, 0.29) is 17.8 Å². The minimum Gasteiger partial charge on any atom is -0.497 e. The molecule has 0 fully saturated rings. The van der Waals surface area contributed by atoms with Crippen molar-refractivity contribution in [2.45, 2.75) is 6.54 Å². The molecule has 0 saturated carbocycles. The molecule has 0 amide bonds. The zero-order valence-corrected chi connectivity index (χ0v) is 13.7. The van der Waals surface area contributed by atoms with Gasteiger partial charge in [0.25, 0.3) is 0 Å². The zero-order chi connectivity index (χ0) is 18.0. The number of rotatable bonds is 5. The Morgan fingerprint density at radius 2 is 2.00 bits per heavy atom. The summed E-state index contributed by atoms with van der Waals surface area (Å²) >= 11 is 0. The summed E-state index contributed by atoms with van der Waals surface area (Å²) in [5, 5.41) is 10.1. The summed E-state index contributed by atoms with van der Waals surface area (Å²) in [4.78, 5) is 28.4. The van der Waals surface area contributed by atoms with Crippen molar-refractivity contribution in [3.63, 3.8) is 0 Å². The Kier molecular flexibility index (Phi) is 4.38. The van der Waals surface area contributed by atoms with Crippen molar-refractivity contribution in [3.05, 3.63) is 59.5 Å². The fraction of sp³-hybridized carbons (Fsp3) is 0.167. The Hall–Kier alpha value is -3.35. The minimum absolute atomic E-state index is 0.0242. The molecule has 1 N–H and O–H groups in total. The predicted molar refractivity (Wildman–Crippen MR) is 90.1 cm³/mol. The van der Waals surface area contributed by atoms with Crippen LogP contribution in [0.4, 0.5) is 0 Å². The van der Waals surface area contributed by atoms with Gasteiger partial charge >= 0.3 is 11.9 Å². The highest BCUT2D eigenvalue weighted by Gasteiger charge is 2.28. The third-order valence-electron chi connectivity index (χ3n) is 3.91. The number of benzene rings is 1. The maximum atomic E-state index is 12.3. The summed E-state index contributed by atoms with van der Waals surface area (Å²) in [5.41, 5.74) is 1.12. The number of carboxylic acid groups (broad SMARTS) is 1. The molecule has 2 heterocycles. The number of aromatic carboxylic acids is 1. The second-order valence-electron chi connectivity index (χ2n) is 5.31. The van der Waals surface area contributed by atoms with Crippen LogP contribution < -0.4 is 4.74 Å². The summed E-state index contributed by atoms with van der Waals surface area (Å²) in [5.74, 6) is -1.36. The van der Waals surface area contributed by atoms with E-state index in [0.29, 0.717) is 22.3 Å². The van der Waals surface area contributed by atoms with Gasteiger partial charge in [-0.2, -0.15) is 0 Å². The Bertz CT molecular complexity index is 947. The van der Waals surface area contributed by atoms with Crippen LogP contribution in [0.15, 0.2) is 42.6 Å². The molecule has 0 saturated heterocycles. The smallest absolute Gasteiger partial charge is 0.355 e. The quantitative estimate of drug-likeness (QED) is 0.718. The van der Waals surface area contributed by atoms with Crippen LogP contribution in [0.2, 0.25) is 0 Å². The van der Waals surface area contributed by atoms with Gasteiger partial charge in [-0.15, -0.1) is 0 Å². The van der Waals surface area contributed by atoms with Gasteiger partial charge < -0.3 is 19.1 Å². The van der Waals surface area contributed by atoms with Crippen LogP contribution in [-0.4, -0.2) is 40.8 Å². The molecule has 7 nitrogen and oxygen atoms in total. The Morgan fingerprint density at radius 1 is 1.20 bits per heavy atom. The zero-order valence-electron chi connectivity index (χ0n) is 13.7. The maximum absolute atomic E-state index is 12.3. The second-order valence-corrected chi connectivity index (χ2v) is 5.31. The lowest BCUT2D eigenvalue weighted by molar-refractivity contribution is 0.0572. The largest absolute Gasteiger partial charge is 0.497 e. The van der Waals surface area contributed by atoms with E-state index >= 15 is 0 Å². The summed E-state index contributed by atoms with van der Waals surface area (Å²) in [6.07, 6.45) is 1.64. The first-order valence-electron chi connectivity index (χ1n) is 7.48. The topological polar surface area (TPSA) is 90.7 Å². The van der Waals surface area contributed by atoms with Gasteiger partial charge in [0.1, 0.15) is 11.4 Å². The summed E-state index contributed by atoms with van der Waals surface area (Å²) in [6.45, 7) is 0.224. The molecule has 0 bridgehead atoms. The Balaban J connectivity index is 2.33. The number of fused-ring (bicyclic) bond motifs is 1. The molecule has 2 aromatic heterocycles. The van der Waals surface area contributed by atoms with E-state index in [2.05, 4.69) is 4.98 Å². The highest BCUT2D eigenvalue weighted by Crippen LogP contribution is 2.30. The van der Waals surface area contributed by atoms with Crippen molar-refractivity contribution in [3.8, 4) is 5.75 Å². The fourth-order valence-electron chi connectivity index (χ4n) is 2.80. The lowest BCUT2D eigenvalue weighted by Gasteiger charge is -2.10. The van der Waals surface area contributed by atoms with Gasteiger partial charge in [-0.25, -0.2) is 9.59 Å². The number of hydrogen-bond acceptors (Lipinski definition) is 5. The van der Waals surface area contributed by atoms with E-state index in [0.717, 1.165) is 0 Å². The standard InChI is InChI=1S/C18H16N2O5/c1-24-12-6-7-13-14(9-12)20(10-11-5-3-4-8-19-11)16(18(23)25-2)15(13)17(21)22/h3-9H,10H2,1-2H3,(H,21,22). The van der Waals surface area contributed by atoms with E-state index in [4.69, 9.17) is 9.47 Å². The first kappa shape index (κ1) is 16.5. The van der Waals surface area contributed by atoms with Crippen LogP contribution in [0, 0.1) is 0 Å². The summed E-state index contributed by atoms with van der Waals surface area (Å²) < 4.78 is 11.6. The number of ether oxygens (including phenoxy) is 2. The number of hydrogen-bond donors (Lipinski definition) is 1. The maximum Gasteiger partial charge on any atom is 0.355 e. The van der Waals surface area contributed by atoms with E-state index < -0.39 is 11.9 Å². The molecule has 0 aliphatic carbocycles. The summed E-state index contributed by atoms with van der Waals surface area (Å²) in [6, 6.07) is 10.4. The number of esters is 1. The molecular weight excluding hydrogens is 324 g/mol. The number of carbonyl (C=O) groups is 2. The average Bonchev–Trinajstić information content (AvgIpc) is 2.95. The van der Waals surface area contributed by atoms with Gasteiger partial charge in [0.2, 0.25) is 0 Å². The fourth-order valence-corrected chi connectivity index (χ4v) is 2.80. The van der Waals surface area contributed by atoms with Crippen LogP contribution in [-0.2, 0) is 11.3 Å². The molecule has 3 aromatic rings. The van der Waals surface area contributed by atoms with Gasteiger partial charge in [-0.05, 0) is 24.3 Å². The minimum atomic E-state index is -1.20. The van der Waals surface area contributed by atoms with Crippen molar-refractivity contribution < 1.29 is 24.2 Å². The van der Waals surface area contributed by atoms with Crippen LogP contribution in [0.3, 0.4) is 0 Å². The van der Waals surface area contributed by atoms with Crippen molar-refractivity contribution in [2.75, 3.05) is 14.2 Å². The van der Waals surface area contributed by atoms with Gasteiger partial charge in [0.15, 0.2) is 0 Å². The van der Waals surface area contributed by atoms with E-state index in [9.17, 15) is 14.7 Å². The molecule has 0 aliphatic rings. The molecular formula is C18H16N2O5. The number of pyridine rings is 1. The normalized spacial score (nSPS) is 10.6. The van der Waals surface area contributed by atoms with Gasteiger partial charge in [0, 0.05) is 17.6 Å². The Labute approximate surface area is 143 Å². The lowest BCUT2D eigenvalue weighted by Crippen LogP contribution is -2.15. The first-order valence-corrected chi connectivity index (χ1v) is 7.48. The van der Waals surface area contributed by atoms with Gasteiger partial charge in [-0.1, -0.05) is 6.07 Å². The predicted octanol–water partition coefficient (Wildman–Crippen LogP) is 2.58. The van der Waals surface area contributed by atoms with Crippen LogP contribution >= 0.6 is 0 Å². The molecule has 0 aliphatic heterocycles. The van der Waals surface area contributed by atoms with Gasteiger partial charge in [0.05, 0.1) is 37.5 Å². The van der Waals surface area contributed by atoms with Crippen molar-refractivity contribution >= 4 is 22.8 Å². The number of methoxy groups -OCH3 is 2. The molecule has 0 unspecified atom stereocenters. The molecule has 0 radical (unpaired) electrons. The third kappa shape index (κ3) is 2.91. The molecule has 128 valence electrons. The van der Waals surface area contributed by atoms with E-state index in [1.807, 2.05) is 6.07 Å². The van der Waals surface area contributed by atoms with E-state index in [1.165, 1.54) is 14.2 Å². The average molecular weight is 340 g/mol. The molecule has 0 atom stereocenters. The molecule has 7 heteroatoms. The number of nitrogens with zero attached hydrogens (tertiary/aromatic N) is 2. The lowest BCUT2D eigenvalue weighted by atomic mass is 10.1. The highest BCUT2D eigenvalue weighted by molar-refractivity contribution is 6.12. The molecule has 3 rings (SSSR count). The summed E-state index contributed by atoms with van der Waals surface area (Å²) in [7, 11) is 2.74. The first-order chi connectivity index (χ1) is 12.1. The SMILES string of the molecule is COC(=O)c1c(C(=O)O)c2ccc(OC)cc2n1Cc1ccccn1. The Morgan fingerprint density at radius 3 is 2.60 bits per heavy atom. The number of aromatic nitrogens is 2. The van der Waals surface area contributed by atoms with Crippen molar-refractivity contribution in [1.82, 2.24) is 9.55 Å². The van der Waals surface area contributed by atoms with Gasteiger partial charge in [-0.3, -0.25) is 4.98 Å². The molecule has 1 aromatic carbocycles. The van der Waals surface area contributed by atoms with Crippen LogP contribution in [0.25, 0.3) is 10.9 Å². The van der Waals surface area contributed by atoms with E-state index in [1.54, 1.807) is 41.1 Å². The molecule has 0 spiro atoms. The number of carboxylic acids is 1. The second kappa shape index (κ2) is 6.64. The third-order valence-corrected chi connectivity index (χ3v) is 3.91. The van der Waals surface area contributed by atoms with Crippen molar-refractivity contribution in [1.29, 1.82) is 0 Å². The molecule has 25 heavy (non-hydrogen) atoms. The van der Waals surface area contributed by atoms with Crippen LogP contribution in [0.5, 0.6) is 5.75 Å².